The Labute approximate surface area is 233 Å². The van der Waals surface area contributed by atoms with Crippen LogP contribution in [0.15, 0.2) is 75.8 Å². The largest absolute Gasteiger partial charge is 0.505 e. The molecule has 0 radical (unpaired) electrons. The van der Waals surface area contributed by atoms with E-state index < -0.39 is 35.2 Å². The van der Waals surface area contributed by atoms with Gasteiger partial charge in [-0.25, -0.2) is 4.39 Å². The number of rotatable bonds is 2. The first-order chi connectivity index (χ1) is 17.7. The Balaban J connectivity index is 1.49. The number of ketones is 2. The van der Waals surface area contributed by atoms with Gasteiger partial charge in [0.15, 0.2) is 23.1 Å². The van der Waals surface area contributed by atoms with Crippen molar-refractivity contribution in [3.63, 3.8) is 0 Å². The Hall–Kier alpha value is -2.92. The molecule has 37 heavy (non-hydrogen) atoms. The molecule has 1 N–H and O–H groups in total. The monoisotopic (exact) mass is 673 g/mol. The molecule has 0 saturated carbocycles. The number of imide groups is 1. The lowest BCUT2D eigenvalue weighted by molar-refractivity contribution is -0.123. The molecule has 1 aliphatic heterocycles. The molecule has 4 atom stereocenters. The molecular formula is C28H18BrFINO5. The van der Waals surface area contributed by atoms with Crippen LogP contribution in [0.2, 0.25) is 0 Å². The van der Waals surface area contributed by atoms with Gasteiger partial charge < -0.3 is 5.11 Å². The first-order valence-electron chi connectivity index (χ1n) is 11.7. The summed E-state index contributed by atoms with van der Waals surface area (Å²) in [5.74, 6) is -5.30. The lowest BCUT2D eigenvalue weighted by Crippen LogP contribution is -2.39. The van der Waals surface area contributed by atoms with Gasteiger partial charge in [0.2, 0.25) is 11.8 Å². The molecule has 0 bridgehead atoms. The average Bonchev–Trinajstić information content (AvgIpc) is 3.13. The van der Waals surface area contributed by atoms with Gasteiger partial charge in [0.05, 0.1) is 22.0 Å². The number of benzene rings is 2. The number of hydrogen-bond acceptors (Lipinski definition) is 5. The minimum atomic E-state index is -0.848. The van der Waals surface area contributed by atoms with Crippen LogP contribution >= 0.6 is 38.5 Å². The molecule has 2 aromatic carbocycles. The molecule has 1 fully saturated rings. The molecular weight excluding hydrogens is 656 g/mol. The molecule has 2 amide bonds. The maximum absolute atomic E-state index is 14.5. The second kappa shape index (κ2) is 8.83. The van der Waals surface area contributed by atoms with Crippen LogP contribution in [0.5, 0.6) is 5.75 Å². The van der Waals surface area contributed by atoms with Crippen molar-refractivity contribution in [2.45, 2.75) is 18.8 Å². The number of allylic oxidation sites excluding steroid dienone is 6. The van der Waals surface area contributed by atoms with E-state index in [1.54, 1.807) is 12.1 Å². The number of anilines is 1. The molecule has 4 unspecified atom stereocenters. The maximum Gasteiger partial charge on any atom is 0.238 e. The van der Waals surface area contributed by atoms with Crippen LogP contribution in [-0.2, 0) is 19.2 Å². The SMILES string of the molecule is O=C1C=C(Br)C(=O)C2=C1C(c1ccc(O)c(F)c1)C1=CCC3C(=O)N(c4ccc(I)cc4)C(=O)C3C1C2. The van der Waals surface area contributed by atoms with Crippen molar-refractivity contribution < 1.29 is 28.7 Å². The van der Waals surface area contributed by atoms with Gasteiger partial charge in [-0.2, -0.15) is 0 Å². The molecule has 0 aromatic heterocycles. The zero-order chi connectivity index (χ0) is 26.2. The van der Waals surface area contributed by atoms with Crippen molar-refractivity contribution in [3.05, 3.63) is 90.8 Å². The second-order valence-electron chi connectivity index (χ2n) is 9.59. The zero-order valence-corrected chi connectivity index (χ0v) is 22.8. The average molecular weight is 674 g/mol. The summed E-state index contributed by atoms with van der Waals surface area (Å²) in [6.07, 6.45) is 3.52. The summed E-state index contributed by atoms with van der Waals surface area (Å²) in [7, 11) is 0. The first-order valence-corrected chi connectivity index (χ1v) is 13.6. The molecule has 1 heterocycles. The maximum atomic E-state index is 14.5. The fraction of sp³-hybridized carbons (Fsp3) is 0.214. The van der Waals surface area contributed by atoms with Crippen molar-refractivity contribution in [1.82, 2.24) is 0 Å². The van der Waals surface area contributed by atoms with E-state index in [9.17, 15) is 28.7 Å². The fourth-order valence-corrected chi connectivity index (χ4v) is 6.94. The minimum absolute atomic E-state index is 0.126. The predicted molar refractivity (Wildman–Crippen MR) is 144 cm³/mol. The van der Waals surface area contributed by atoms with Crippen molar-refractivity contribution in [3.8, 4) is 5.75 Å². The summed E-state index contributed by atoms with van der Waals surface area (Å²) in [5, 5.41) is 9.75. The molecule has 2 aromatic rings. The zero-order valence-electron chi connectivity index (χ0n) is 19.1. The van der Waals surface area contributed by atoms with Gasteiger partial charge in [-0.15, -0.1) is 0 Å². The highest BCUT2D eigenvalue weighted by atomic mass is 127. The second-order valence-corrected chi connectivity index (χ2v) is 11.7. The lowest BCUT2D eigenvalue weighted by atomic mass is 9.59. The molecule has 6 rings (SSSR count). The highest BCUT2D eigenvalue weighted by molar-refractivity contribution is 14.1. The van der Waals surface area contributed by atoms with Crippen molar-refractivity contribution in [2.75, 3.05) is 4.90 Å². The van der Waals surface area contributed by atoms with Gasteiger partial charge in [-0.1, -0.05) is 17.7 Å². The van der Waals surface area contributed by atoms with Crippen LogP contribution in [0, 0.1) is 27.1 Å². The summed E-state index contributed by atoms with van der Waals surface area (Å²) in [6.45, 7) is 0. The number of aromatic hydroxyl groups is 1. The lowest BCUT2D eigenvalue weighted by Gasteiger charge is -2.42. The number of phenolic OH excluding ortho intramolecular Hbond substituents is 1. The van der Waals surface area contributed by atoms with E-state index in [0.29, 0.717) is 17.7 Å². The van der Waals surface area contributed by atoms with Crippen molar-refractivity contribution in [1.29, 1.82) is 0 Å². The number of phenols is 1. The summed E-state index contributed by atoms with van der Waals surface area (Å²) < 4.78 is 15.5. The molecule has 0 spiro atoms. The summed E-state index contributed by atoms with van der Waals surface area (Å²) >= 11 is 5.33. The van der Waals surface area contributed by atoms with E-state index >= 15 is 0 Å². The topological polar surface area (TPSA) is 91.8 Å². The molecule has 186 valence electrons. The van der Waals surface area contributed by atoms with Crippen LogP contribution < -0.4 is 4.90 Å². The minimum Gasteiger partial charge on any atom is -0.505 e. The number of carbonyl (C=O) groups excluding carboxylic acids is 4. The van der Waals surface area contributed by atoms with Gasteiger partial charge >= 0.3 is 0 Å². The third kappa shape index (κ3) is 3.69. The van der Waals surface area contributed by atoms with Crippen molar-refractivity contribution in [2.24, 2.45) is 17.8 Å². The van der Waals surface area contributed by atoms with Crippen LogP contribution in [0.25, 0.3) is 0 Å². The van der Waals surface area contributed by atoms with E-state index in [1.165, 1.54) is 23.1 Å². The Kier molecular flexibility index (Phi) is 5.83. The summed E-state index contributed by atoms with van der Waals surface area (Å²) in [6, 6.07) is 11.0. The molecule has 1 saturated heterocycles. The van der Waals surface area contributed by atoms with Crippen molar-refractivity contribution >= 4 is 67.6 Å². The number of carbonyl (C=O) groups is 4. The highest BCUT2D eigenvalue weighted by Crippen LogP contribution is 2.55. The number of hydrogen-bond donors (Lipinski definition) is 1. The van der Waals surface area contributed by atoms with Gasteiger partial charge in [0, 0.05) is 26.7 Å². The van der Waals surface area contributed by atoms with E-state index in [1.807, 2.05) is 18.2 Å². The number of nitrogens with zero attached hydrogens (tertiary/aromatic N) is 1. The number of halogens is 3. The number of Topliss-reactive ketones (excluding diaryl/α,β-unsaturated/α-hetero) is 1. The van der Waals surface area contributed by atoms with Gasteiger partial charge in [-0.05, 0) is 99.2 Å². The Morgan fingerprint density at radius 2 is 1.73 bits per heavy atom. The highest BCUT2D eigenvalue weighted by Gasteiger charge is 2.56. The standard InChI is InChI=1S/C28H18BrFINO5/c29-19-11-22(34)25-18(26(19)35)10-17-15(23(25)12-1-8-21(33)20(30)9-12)6-7-16-24(17)28(37)32(27(16)36)14-4-2-13(31)3-5-14/h1-6,8-9,11,16-17,23-24,33H,7,10H2. The fourth-order valence-electron chi connectivity index (χ4n) is 6.13. The Bertz CT molecular complexity index is 1530. The van der Waals surface area contributed by atoms with Crippen LogP contribution in [0.1, 0.15) is 24.3 Å². The Morgan fingerprint density at radius 1 is 1.00 bits per heavy atom. The number of fused-ring (bicyclic) bond motifs is 3. The van der Waals surface area contributed by atoms with Gasteiger partial charge in [0.1, 0.15) is 0 Å². The summed E-state index contributed by atoms with van der Waals surface area (Å²) in [4.78, 5) is 54.9. The molecule has 6 nitrogen and oxygen atoms in total. The molecule has 9 heteroatoms. The molecule has 4 aliphatic rings. The Morgan fingerprint density at radius 3 is 2.43 bits per heavy atom. The third-order valence-corrected chi connectivity index (χ3v) is 9.03. The van der Waals surface area contributed by atoms with Crippen LogP contribution in [0.3, 0.4) is 0 Å². The number of amides is 2. The smallest absolute Gasteiger partial charge is 0.238 e. The quantitative estimate of drug-likeness (QED) is 0.207. The van der Waals surface area contributed by atoms with E-state index in [4.69, 9.17) is 0 Å². The van der Waals surface area contributed by atoms with Crippen LogP contribution in [-0.4, -0.2) is 28.5 Å². The first kappa shape index (κ1) is 24.4. The normalized spacial score (nSPS) is 27.1. The van der Waals surface area contributed by atoms with Crippen LogP contribution in [0.4, 0.5) is 10.1 Å². The van der Waals surface area contributed by atoms with E-state index in [2.05, 4.69) is 38.5 Å². The third-order valence-electron chi connectivity index (χ3n) is 7.72. The molecule has 3 aliphatic carbocycles. The summed E-state index contributed by atoms with van der Waals surface area (Å²) in [5.41, 5.74) is 2.15. The van der Waals surface area contributed by atoms with Gasteiger partial charge in [0.25, 0.3) is 0 Å². The van der Waals surface area contributed by atoms with E-state index in [-0.39, 0.29) is 45.4 Å². The van der Waals surface area contributed by atoms with E-state index in [0.717, 1.165) is 15.2 Å². The predicted octanol–water partition coefficient (Wildman–Crippen LogP) is 5.10. The van der Waals surface area contributed by atoms with Gasteiger partial charge in [-0.3, -0.25) is 24.1 Å².